The summed E-state index contributed by atoms with van der Waals surface area (Å²) in [6.07, 6.45) is -2.49. The molecule has 0 aliphatic carbocycles. The first-order valence-corrected chi connectivity index (χ1v) is 10.4. The molecule has 2 aliphatic rings. The van der Waals surface area contributed by atoms with E-state index in [4.69, 9.17) is 11.6 Å². The minimum atomic E-state index is -4.89. The summed E-state index contributed by atoms with van der Waals surface area (Å²) in [5.74, 6) is -1.07. The van der Waals surface area contributed by atoms with E-state index in [1.165, 1.54) is 18.5 Å². The minimum absolute atomic E-state index is 0.102. The van der Waals surface area contributed by atoms with Crippen LogP contribution >= 0.6 is 11.6 Å². The summed E-state index contributed by atoms with van der Waals surface area (Å²) in [5, 5.41) is 3.61. The Morgan fingerprint density at radius 1 is 1.07 bits per heavy atom. The number of alkyl halides is 3. The smallest absolute Gasteiger partial charge is 0.372 e. The van der Waals surface area contributed by atoms with Crippen molar-refractivity contribution in [2.45, 2.75) is 39.0 Å². The molecule has 0 bridgehead atoms. The van der Waals surface area contributed by atoms with E-state index in [0.717, 1.165) is 29.6 Å². The molecule has 1 fully saturated rings. The highest BCUT2D eigenvalue weighted by Gasteiger charge is 2.44. The van der Waals surface area contributed by atoms with Crippen LogP contribution in [0.4, 0.5) is 30.2 Å². The third kappa shape index (κ3) is 4.36. The summed E-state index contributed by atoms with van der Waals surface area (Å²) >= 11 is 6.30. The van der Waals surface area contributed by atoms with Gasteiger partial charge in [-0.1, -0.05) is 18.5 Å². The molecule has 0 radical (unpaired) electrons. The highest BCUT2D eigenvalue weighted by Crippen LogP contribution is 2.35. The van der Waals surface area contributed by atoms with Gasteiger partial charge in [0.2, 0.25) is 0 Å². The number of anilines is 3. The molecule has 160 valence electrons. The number of piperidine rings is 1. The summed E-state index contributed by atoms with van der Waals surface area (Å²) in [6, 6.07) is 11.5. The largest absolute Gasteiger partial charge is 0.471 e. The standard InChI is InChI=1S/C22H23ClF3N3O/c1-14-6-8-28(9-7-14)18-4-2-16(3-5-18)27-17-10-15-12-29(21(30)22(24,25)26)13-19(15)20(23)11-17/h2-5,10-11,14,27H,6-9,12-13H2,1H3. The summed E-state index contributed by atoms with van der Waals surface area (Å²) in [5.41, 5.74) is 3.91. The molecule has 1 amide bonds. The molecule has 2 aromatic rings. The average Bonchev–Trinajstić information content (AvgIpc) is 3.12. The number of nitrogens with one attached hydrogen (secondary N) is 1. The number of fused-ring (bicyclic) bond motifs is 1. The lowest BCUT2D eigenvalue weighted by Crippen LogP contribution is -2.37. The van der Waals surface area contributed by atoms with Crippen LogP contribution in [0.5, 0.6) is 0 Å². The second kappa shape index (κ2) is 8.02. The molecule has 2 aliphatic heterocycles. The van der Waals surface area contributed by atoms with Crippen LogP contribution in [-0.4, -0.2) is 30.1 Å². The van der Waals surface area contributed by atoms with E-state index in [9.17, 15) is 18.0 Å². The first-order chi connectivity index (χ1) is 14.2. The Hall–Kier alpha value is -2.41. The Labute approximate surface area is 178 Å². The molecule has 0 atom stereocenters. The topological polar surface area (TPSA) is 35.6 Å². The maximum Gasteiger partial charge on any atom is 0.471 e. The van der Waals surface area contributed by atoms with Crippen molar-refractivity contribution in [1.82, 2.24) is 4.90 Å². The number of halogens is 4. The van der Waals surface area contributed by atoms with Crippen LogP contribution in [0.3, 0.4) is 0 Å². The van der Waals surface area contributed by atoms with Gasteiger partial charge >= 0.3 is 12.1 Å². The second-order valence-electron chi connectivity index (χ2n) is 8.10. The fourth-order valence-corrected chi connectivity index (χ4v) is 4.35. The van der Waals surface area contributed by atoms with Gasteiger partial charge < -0.3 is 15.1 Å². The van der Waals surface area contributed by atoms with Crippen molar-refractivity contribution in [1.29, 1.82) is 0 Å². The van der Waals surface area contributed by atoms with Gasteiger partial charge in [-0.15, -0.1) is 0 Å². The first kappa shape index (κ1) is 20.8. The van der Waals surface area contributed by atoms with Gasteiger partial charge in [0, 0.05) is 48.3 Å². The van der Waals surface area contributed by atoms with E-state index in [-0.39, 0.29) is 13.1 Å². The molecule has 0 saturated carbocycles. The third-order valence-corrected chi connectivity index (χ3v) is 6.17. The van der Waals surface area contributed by atoms with Gasteiger partial charge in [-0.25, -0.2) is 0 Å². The van der Waals surface area contributed by atoms with Gasteiger partial charge in [0.1, 0.15) is 0 Å². The monoisotopic (exact) mass is 437 g/mol. The lowest BCUT2D eigenvalue weighted by molar-refractivity contribution is -0.186. The fourth-order valence-electron chi connectivity index (χ4n) is 4.05. The normalized spacial score (nSPS) is 17.2. The Balaban J connectivity index is 1.45. The van der Waals surface area contributed by atoms with E-state index < -0.39 is 12.1 Å². The second-order valence-corrected chi connectivity index (χ2v) is 8.50. The van der Waals surface area contributed by atoms with Crippen LogP contribution in [0, 0.1) is 5.92 Å². The molecule has 4 rings (SSSR count). The number of carbonyl (C=O) groups excluding carboxylic acids is 1. The molecule has 1 N–H and O–H groups in total. The Morgan fingerprint density at radius 3 is 2.37 bits per heavy atom. The van der Waals surface area contributed by atoms with Crippen molar-refractivity contribution in [3.63, 3.8) is 0 Å². The van der Waals surface area contributed by atoms with E-state index in [0.29, 0.717) is 21.8 Å². The number of nitrogens with zero attached hydrogens (tertiary/aromatic N) is 2. The van der Waals surface area contributed by atoms with Crippen molar-refractivity contribution >= 4 is 34.6 Å². The van der Waals surface area contributed by atoms with Crippen LogP contribution in [0.1, 0.15) is 30.9 Å². The van der Waals surface area contributed by atoms with E-state index in [2.05, 4.69) is 29.3 Å². The van der Waals surface area contributed by atoms with Gasteiger partial charge in [-0.2, -0.15) is 13.2 Å². The van der Waals surface area contributed by atoms with Crippen molar-refractivity contribution in [3.05, 3.63) is 52.5 Å². The van der Waals surface area contributed by atoms with E-state index in [1.54, 1.807) is 12.1 Å². The van der Waals surface area contributed by atoms with Gasteiger partial charge in [0.05, 0.1) is 0 Å². The molecule has 4 nitrogen and oxygen atoms in total. The van der Waals surface area contributed by atoms with Crippen LogP contribution < -0.4 is 10.2 Å². The molecule has 1 saturated heterocycles. The van der Waals surface area contributed by atoms with Gasteiger partial charge in [-0.3, -0.25) is 4.79 Å². The van der Waals surface area contributed by atoms with Crippen LogP contribution in [0.25, 0.3) is 0 Å². The van der Waals surface area contributed by atoms with Crippen LogP contribution in [0.15, 0.2) is 36.4 Å². The number of rotatable bonds is 3. The number of hydrogen-bond acceptors (Lipinski definition) is 3. The lowest BCUT2D eigenvalue weighted by atomic mass is 9.99. The molecule has 0 unspecified atom stereocenters. The highest BCUT2D eigenvalue weighted by molar-refractivity contribution is 6.31. The average molecular weight is 438 g/mol. The molecule has 2 heterocycles. The number of carbonyl (C=O) groups is 1. The van der Waals surface area contributed by atoms with Gasteiger partial charge in [0.15, 0.2) is 0 Å². The predicted molar refractivity (Wildman–Crippen MR) is 112 cm³/mol. The number of benzene rings is 2. The molecular weight excluding hydrogens is 415 g/mol. The summed E-state index contributed by atoms with van der Waals surface area (Å²) < 4.78 is 38.2. The molecular formula is C22H23ClF3N3O. The van der Waals surface area contributed by atoms with E-state index >= 15 is 0 Å². The Bertz CT molecular complexity index is 938. The molecule has 0 aromatic heterocycles. The Kier molecular flexibility index (Phi) is 5.57. The third-order valence-electron chi connectivity index (χ3n) is 5.83. The van der Waals surface area contributed by atoms with Crippen LogP contribution in [-0.2, 0) is 17.9 Å². The van der Waals surface area contributed by atoms with Crippen LogP contribution in [0.2, 0.25) is 5.02 Å². The quantitative estimate of drug-likeness (QED) is 0.666. The molecule has 30 heavy (non-hydrogen) atoms. The zero-order valence-corrected chi connectivity index (χ0v) is 17.4. The predicted octanol–water partition coefficient (Wildman–Crippen LogP) is 5.72. The lowest BCUT2D eigenvalue weighted by Gasteiger charge is -2.32. The maximum absolute atomic E-state index is 12.7. The Morgan fingerprint density at radius 2 is 1.73 bits per heavy atom. The summed E-state index contributed by atoms with van der Waals surface area (Å²) in [4.78, 5) is 14.7. The van der Waals surface area contributed by atoms with Crippen molar-refractivity contribution in [2.24, 2.45) is 5.92 Å². The first-order valence-electron chi connectivity index (χ1n) is 10.00. The van der Waals surface area contributed by atoms with Crippen molar-refractivity contribution in [2.75, 3.05) is 23.3 Å². The number of amides is 1. The van der Waals surface area contributed by atoms with Gasteiger partial charge in [-0.05, 0) is 66.3 Å². The van der Waals surface area contributed by atoms with Gasteiger partial charge in [0.25, 0.3) is 0 Å². The molecule has 8 heteroatoms. The maximum atomic E-state index is 12.7. The summed E-state index contributed by atoms with van der Waals surface area (Å²) in [7, 11) is 0. The fraction of sp³-hybridized carbons (Fsp3) is 0.409. The van der Waals surface area contributed by atoms with E-state index in [1.807, 2.05) is 12.1 Å². The zero-order chi connectivity index (χ0) is 21.5. The van der Waals surface area contributed by atoms with Crippen molar-refractivity contribution < 1.29 is 18.0 Å². The minimum Gasteiger partial charge on any atom is -0.372 e. The SMILES string of the molecule is CC1CCN(c2ccc(Nc3cc(Cl)c4c(c3)CN(C(=O)C(F)(F)F)C4)cc2)CC1. The number of hydrogen-bond donors (Lipinski definition) is 1. The van der Waals surface area contributed by atoms with Crippen molar-refractivity contribution in [3.8, 4) is 0 Å². The highest BCUT2D eigenvalue weighted by atomic mass is 35.5. The molecule has 0 spiro atoms. The zero-order valence-electron chi connectivity index (χ0n) is 16.6. The molecule has 2 aromatic carbocycles. The summed E-state index contributed by atoms with van der Waals surface area (Å²) in [6.45, 7) is 4.17.